The van der Waals surface area contributed by atoms with Gasteiger partial charge in [0.1, 0.15) is 12.7 Å². The molecule has 0 saturated carbocycles. The first kappa shape index (κ1) is 10.7. The Morgan fingerprint density at radius 3 is 2.64 bits per heavy atom. The molecule has 0 radical (unpaired) electrons. The predicted molar refractivity (Wildman–Crippen MR) is 58.8 cm³/mol. The average molecular weight is 188 g/mol. The van der Waals surface area contributed by atoms with Crippen molar-refractivity contribution < 1.29 is 4.74 Å². The van der Waals surface area contributed by atoms with Crippen LogP contribution in [0.1, 0.15) is 31.7 Å². The minimum Gasteiger partial charge on any atom is -0.446 e. The molecule has 0 fully saturated rings. The summed E-state index contributed by atoms with van der Waals surface area (Å²) < 4.78 is 5.18. The molecule has 1 rings (SSSR count). The van der Waals surface area contributed by atoms with Crippen LogP contribution in [0.25, 0.3) is 0 Å². The summed E-state index contributed by atoms with van der Waals surface area (Å²) in [5, 5.41) is 0. The molecule has 0 saturated heterocycles. The molecule has 0 aromatic heterocycles. The minimum atomic E-state index is 0.744. The van der Waals surface area contributed by atoms with Crippen molar-refractivity contribution >= 4 is 0 Å². The number of ether oxygens (including phenoxy) is 1. The first-order valence-corrected chi connectivity index (χ1v) is 5.11. The topological polar surface area (TPSA) is 9.23 Å². The van der Waals surface area contributed by atoms with E-state index in [1.807, 2.05) is 30.3 Å². The van der Waals surface area contributed by atoms with Crippen LogP contribution in [0.3, 0.4) is 0 Å². The van der Waals surface area contributed by atoms with E-state index >= 15 is 0 Å². The molecule has 1 aromatic rings. The standard InChI is InChI=1S/C13H16O/c1-2-3-7-11-14-12-10-13-8-5-4-6-9-13/h4-6,8-9H,2-3,7,11H2,1H3. The van der Waals surface area contributed by atoms with Crippen LogP contribution in [-0.4, -0.2) is 6.61 Å². The Kier molecular flexibility index (Phi) is 5.35. The molecule has 0 aliphatic carbocycles. The molecule has 0 atom stereocenters. The first-order chi connectivity index (χ1) is 6.93. The van der Waals surface area contributed by atoms with E-state index in [0.29, 0.717) is 0 Å². The summed E-state index contributed by atoms with van der Waals surface area (Å²) in [6, 6.07) is 9.88. The third-order valence-electron chi connectivity index (χ3n) is 1.89. The molecule has 0 N–H and O–H groups in total. The van der Waals surface area contributed by atoms with Gasteiger partial charge in [-0.25, -0.2) is 0 Å². The molecule has 0 spiro atoms. The lowest BCUT2D eigenvalue weighted by Gasteiger charge is -1.94. The second kappa shape index (κ2) is 7.03. The Morgan fingerprint density at radius 1 is 1.14 bits per heavy atom. The Balaban J connectivity index is 2.21. The second-order valence-electron chi connectivity index (χ2n) is 3.15. The zero-order valence-corrected chi connectivity index (χ0v) is 8.62. The third kappa shape index (κ3) is 4.57. The van der Waals surface area contributed by atoms with Gasteiger partial charge in [-0.1, -0.05) is 38.0 Å². The molecule has 1 aromatic carbocycles. The predicted octanol–water partition coefficient (Wildman–Crippen LogP) is 3.20. The summed E-state index contributed by atoms with van der Waals surface area (Å²) in [7, 11) is 0. The lowest BCUT2D eigenvalue weighted by atomic mass is 10.2. The highest BCUT2D eigenvalue weighted by Crippen LogP contribution is 1.96. The van der Waals surface area contributed by atoms with Crippen LogP contribution in [0.15, 0.2) is 30.3 Å². The fourth-order valence-electron chi connectivity index (χ4n) is 1.09. The van der Waals surface area contributed by atoms with Crippen molar-refractivity contribution in [2.75, 3.05) is 6.61 Å². The lowest BCUT2D eigenvalue weighted by molar-refractivity contribution is 0.268. The summed E-state index contributed by atoms with van der Waals surface area (Å²) in [5.41, 5.74) is 1.00. The van der Waals surface area contributed by atoms with Gasteiger partial charge in [0, 0.05) is 5.56 Å². The van der Waals surface area contributed by atoms with Crippen LogP contribution in [0.5, 0.6) is 0 Å². The first-order valence-electron chi connectivity index (χ1n) is 5.11. The van der Waals surface area contributed by atoms with E-state index in [1.165, 1.54) is 12.8 Å². The van der Waals surface area contributed by atoms with Gasteiger partial charge in [-0.3, -0.25) is 0 Å². The molecule has 0 unspecified atom stereocenters. The molecule has 74 valence electrons. The quantitative estimate of drug-likeness (QED) is 0.521. The van der Waals surface area contributed by atoms with Gasteiger partial charge in [0.05, 0.1) is 0 Å². The van der Waals surface area contributed by atoms with E-state index in [4.69, 9.17) is 4.74 Å². The monoisotopic (exact) mass is 188 g/mol. The van der Waals surface area contributed by atoms with Crippen LogP contribution < -0.4 is 0 Å². The van der Waals surface area contributed by atoms with Gasteiger partial charge in [-0.15, -0.1) is 0 Å². The second-order valence-corrected chi connectivity index (χ2v) is 3.15. The summed E-state index contributed by atoms with van der Waals surface area (Å²) in [6.45, 7) is 2.92. The van der Waals surface area contributed by atoms with Crippen molar-refractivity contribution in [1.29, 1.82) is 0 Å². The van der Waals surface area contributed by atoms with Gasteiger partial charge >= 0.3 is 0 Å². The van der Waals surface area contributed by atoms with E-state index in [0.717, 1.165) is 18.6 Å². The highest BCUT2D eigenvalue weighted by molar-refractivity contribution is 5.32. The maximum Gasteiger partial charge on any atom is 0.115 e. The molecular weight excluding hydrogens is 172 g/mol. The molecule has 0 aliphatic heterocycles. The van der Waals surface area contributed by atoms with Crippen LogP contribution in [0.2, 0.25) is 0 Å². The normalized spacial score (nSPS) is 8.93. The van der Waals surface area contributed by atoms with Crippen LogP contribution in [-0.2, 0) is 4.74 Å². The SMILES string of the molecule is CCCCCOC#Cc1ccccc1. The maximum absolute atomic E-state index is 5.18. The highest BCUT2D eigenvalue weighted by Gasteiger charge is 1.84. The fraction of sp³-hybridized carbons (Fsp3) is 0.385. The van der Waals surface area contributed by atoms with Gasteiger partial charge in [-0.2, -0.15) is 0 Å². The smallest absolute Gasteiger partial charge is 0.115 e. The Labute approximate surface area is 86.1 Å². The summed E-state index contributed by atoms with van der Waals surface area (Å²) in [6.07, 6.45) is 6.24. The summed E-state index contributed by atoms with van der Waals surface area (Å²) in [5.74, 6) is 2.95. The molecule has 1 heteroatoms. The van der Waals surface area contributed by atoms with Crippen molar-refractivity contribution in [3.63, 3.8) is 0 Å². The molecule has 1 nitrogen and oxygen atoms in total. The average Bonchev–Trinajstić information content (AvgIpc) is 2.25. The number of hydrogen-bond donors (Lipinski definition) is 0. The van der Waals surface area contributed by atoms with Crippen LogP contribution >= 0.6 is 0 Å². The lowest BCUT2D eigenvalue weighted by Crippen LogP contribution is -1.87. The molecule has 0 bridgehead atoms. The van der Waals surface area contributed by atoms with E-state index < -0.39 is 0 Å². The number of rotatable bonds is 4. The number of hydrogen-bond acceptors (Lipinski definition) is 1. The molecule has 0 aliphatic rings. The largest absolute Gasteiger partial charge is 0.446 e. The van der Waals surface area contributed by atoms with E-state index in [2.05, 4.69) is 19.0 Å². The number of unbranched alkanes of at least 4 members (excludes halogenated alkanes) is 2. The van der Waals surface area contributed by atoms with Crippen molar-refractivity contribution in [1.82, 2.24) is 0 Å². The highest BCUT2D eigenvalue weighted by atomic mass is 16.5. The van der Waals surface area contributed by atoms with Gasteiger partial charge in [0.2, 0.25) is 0 Å². The van der Waals surface area contributed by atoms with Crippen molar-refractivity contribution in [3.8, 4) is 12.0 Å². The van der Waals surface area contributed by atoms with Gasteiger partial charge in [0.15, 0.2) is 0 Å². The molecule has 14 heavy (non-hydrogen) atoms. The Bertz CT molecular complexity index is 292. The number of benzene rings is 1. The zero-order valence-electron chi connectivity index (χ0n) is 8.62. The molecular formula is C13H16O. The molecule has 0 amide bonds. The third-order valence-corrected chi connectivity index (χ3v) is 1.89. The minimum absolute atomic E-state index is 0.744. The van der Waals surface area contributed by atoms with Crippen LogP contribution in [0.4, 0.5) is 0 Å². The Hall–Kier alpha value is -1.42. The van der Waals surface area contributed by atoms with Crippen LogP contribution in [0, 0.1) is 12.0 Å². The zero-order chi connectivity index (χ0) is 10.1. The van der Waals surface area contributed by atoms with Gasteiger partial charge < -0.3 is 4.74 Å². The van der Waals surface area contributed by atoms with Gasteiger partial charge in [0.25, 0.3) is 0 Å². The van der Waals surface area contributed by atoms with Crippen molar-refractivity contribution in [3.05, 3.63) is 35.9 Å². The fourth-order valence-corrected chi connectivity index (χ4v) is 1.09. The van der Waals surface area contributed by atoms with Gasteiger partial charge in [-0.05, 0) is 24.5 Å². The maximum atomic E-state index is 5.18. The Morgan fingerprint density at radius 2 is 1.93 bits per heavy atom. The van der Waals surface area contributed by atoms with Crippen molar-refractivity contribution in [2.24, 2.45) is 0 Å². The van der Waals surface area contributed by atoms with E-state index in [9.17, 15) is 0 Å². The summed E-state index contributed by atoms with van der Waals surface area (Å²) in [4.78, 5) is 0. The van der Waals surface area contributed by atoms with E-state index in [1.54, 1.807) is 0 Å². The summed E-state index contributed by atoms with van der Waals surface area (Å²) >= 11 is 0. The van der Waals surface area contributed by atoms with Crippen molar-refractivity contribution in [2.45, 2.75) is 26.2 Å². The van der Waals surface area contributed by atoms with E-state index in [-0.39, 0.29) is 0 Å². The molecule has 0 heterocycles.